The molecule has 2 nitrogen and oxygen atoms in total. The van der Waals surface area contributed by atoms with Crippen molar-refractivity contribution in [2.24, 2.45) is 11.7 Å². The van der Waals surface area contributed by atoms with Crippen LogP contribution < -0.4 is 5.73 Å². The molecule has 1 aromatic rings. The van der Waals surface area contributed by atoms with E-state index in [0.717, 1.165) is 11.3 Å². The van der Waals surface area contributed by atoms with Gasteiger partial charge in [0.2, 0.25) is 0 Å². The van der Waals surface area contributed by atoms with E-state index in [1.165, 1.54) is 25.7 Å². The lowest BCUT2D eigenvalue weighted by Gasteiger charge is -2.21. The Labute approximate surface area is 112 Å². The predicted molar refractivity (Wildman–Crippen MR) is 77.8 cm³/mol. The molecule has 2 N–H and O–H groups in total. The van der Waals surface area contributed by atoms with Gasteiger partial charge in [-0.2, -0.15) is 0 Å². The first-order chi connectivity index (χ1) is 8.68. The Morgan fingerprint density at radius 3 is 2.50 bits per heavy atom. The summed E-state index contributed by atoms with van der Waals surface area (Å²) in [5, 5.41) is 0.0352. The first-order valence-electron chi connectivity index (χ1n) is 6.86. The van der Waals surface area contributed by atoms with Crippen molar-refractivity contribution in [3.8, 4) is 0 Å². The smallest absolute Gasteiger partial charge is 0.0512 e. The summed E-state index contributed by atoms with van der Waals surface area (Å²) < 4.78 is 12.3. The average molecular weight is 265 g/mol. The highest BCUT2D eigenvalue weighted by Crippen LogP contribution is 2.27. The molecular weight excluding hydrogens is 242 g/mol. The van der Waals surface area contributed by atoms with E-state index in [2.05, 4.69) is 0 Å². The molecule has 0 bridgehead atoms. The zero-order chi connectivity index (χ0) is 13.0. The maximum atomic E-state index is 12.3. The fourth-order valence-electron chi connectivity index (χ4n) is 2.67. The Bertz CT molecular complexity index is 387. The monoisotopic (exact) mass is 265 g/mol. The molecule has 3 atom stereocenters. The molecule has 1 aliphatic carbocycles. The number of hydrogen-bond acceptors (Lipinski definition) is 2. The molecule has 1 aromatic carbocycles. The third-order valence-corrected chi connectivity index (χ3v) is 5.90. The fourth-order valence-corrected chi connectivity index (χ4v) is 4.26. The van der Waals surface area contributed by atoms with Gasteiger partial charge >= 0.3 is 0 Å². The third-order valence-electron chi connectivity index (χ3n) is 3.98. The van der Waals surface area contributed by atoms with Gasteiger partial charge in [-0.3, -0.25) is 4.21 Å². The number of nitrogens with two attached hydrogens (primary N) is 1. The molecule has 0 aromatic heterocycles. The second kappa shape index (κ2) is 6.48. The average Bonchev–Trinajstić information content (AvgIpc) is 2.91. The Hall–Kier alpha value is -0.670. The van der Waals surface area contributed by atoms with E-state index in [1.54, 1.807) is 0 Å². The Balaban J connectivity index is 1.93. The van der Waals surface area contributed by atoms with E-state index >= 15 is 0 Å². The van der Waals surface area contributed by atoms with Crippen molar-refractivity contribution < 1.29 is 4.21 Å². The van der Waals surface area contributed by atoms with E-state index in [-0.39, 0.29) is 11.3 Å². The molecule has 3 unspecified atom stereocenters. The molecule has 0 saturated heterocycles. The van der Waals surface area contributed by atoms with Gasteiger partial charge in [-0.1, -0.05) is 43.2 Å². The zero-order valence-electron chi connectivity index (χ0n) is 11.0. The van der Waals surface area contributed by atoms with Gasteiger partial charge in [0.05, 0.1) is 5.25 Å². The zero-order valence-corrected chi connectivity index (χ0v) is 11.9. The van der Waals surface area contributed by atoms with Crippen LogP contribution in [0.1, 0.15) is 44.2 Å². The van der Waals surface area contributed by atoms with Crippen LogP contribution >= 0.6 is 0 Å². The van der Waals surface area contributed by atoms with E-state index in [4.69, 9.17) is 5.73 Å². The SMILES string of the molecule is CC(C(N)c1ccccc1)S(=O)CC1CCCC1. The lowest BCUT2D eigenvalue weighted by atomic mass is 10.1. The van der Waals surface area contributed by atoms with Gasteiger partial charge in [0.1, 0.15) is 0 Å². The van der Waals surface area contributed by atoms with Crippen molar-refractivity contribution in [3.63, 3.8) is 0 Å². The van der Waals surface area contributed by atoms with Crippen LogP contribution in [0.2, 0.25) is 0 Å². The minimum Gasteiger partial charge on any atom is -0.323 e. The summed E-state index contributed by atoms with van der Waals surface area (Å²) in [5.41, 5.74) is 7.31. The highest BCUT2D eigenvalue weighted by Gasteiger charge is 2.24. The van der Waals surface area contributed by atoms with Crippen LogP contribution in [-0.4, -0.2) is 15.2 Å². The van der Waals surface area contributed by atoms with E-state index in [1.807, 2.05) is 37.3 Å². The first-order valence-corrected chi connectivity index (χ1v) is 8.24. The second-order valence-corrected chi connectivity index (χ2v) is 7.18. The van der Waals surface area contributed by atoms with Crippen molar-refractivity contribution in [2.45, 2.75) is 43.9 Å². The summed E-state index contributed by atoms with van der Waals surface area (Å²) in [5.74, 6) is 1.50. The maximum Gasteiger partial charge on any atom is 0.0512 e. The largest absolute Gasteiger partial charge is 0.323 e. The van der Waals surface area contributed by atoms with Crippen molar-refractivity contribution in [1.29, 1.82) is 0 Å². The lowest BCUT2D eigenvalue weighted by Crippen LogP contribution is -2.30. The first kappa shape index (κ1) is 13.8. The molecular formula is C15H23NOS. The van der Waals surface area contributed by atoms with Crippen LogP contribution in [0, 0.1) is 5.92 Å². The van der Waals surface area contributed by atoms with Gasteiger partial charge in [0.15, 0.2) is 0 Å². The van der Waals surface area contributed by atoms with E-state index in [9.17, 15) is 4.21 Å². The summed E-state index contributed by atoms with van der Waals surface area (Å²) in [6.45, 7) is 2.02. The second-order valence-electron chi connectivity index (χ2n) is 5.34. The molecule has 1 saturated carbocycles. The highest BCUT2D eigenvalue weighted by molar-refractivity contribution is 7.85. The summed E-state index contributed by atoms with van der Waals surface area (Å²) >= 11 is 0. The summed E-state index contributed by atoms with van der Waals surface area (Å²) in [6.07, 6.45) is 5.11. The topological polar surface area (TPSA) is 43.1 Å². The molecule has 18 heavy (non-hydrogen) atoms. The molecule has 2 rings (SSSR count). The molecule has 0 amide bonds. The van der Waals surface area contributed by atoms with Gasteiger partial charge in [-0.15, -0.1) is 0 Å². The van der Waals surface area contributed by atoms with E-state index < -0.39 is 10.8 Å². The van der Waals surface area contributed by atoms with Crippen molar-refractivity contribution in [3.05, 3.63) is 35.9 Å². The minimum absolute atomic E-state index is 0.0352. The van der Waals surface area contributed by atoms with Crippen LogP contribution in [0.15, 0.2) is 30.3 Å². The molecule has 1 aliphatic rings. The standard InChI is InChI=1S/C15H23NOS/c1-12(15(16)14-9-3-2-4-10-14)18(17)11-13-7-5-6-8-13/h2-4,9-10,12-13,15H,5-8,11,16H2,1H3. The minimum atomic E-state index is -0.810. The Morgan fingerprint density at radius 2 is 1.89 bits per heavy atom. The fraction of sp³-hybridized carbons (Fsp3) is 0.600. The molecule has 100 valence electrons. The predicted octanol–water partition coefficient (Wildman–Crippen LogP) is 3.01. The lowest BCUT2D eigenvalue weighted by molar-refractivity contribution is 0.590. The van der Waals surface area contributed by atoms with E-state index in [0.29, 0.717) is 5.92 Å². The Morgan fingerprint density at radius 1 is 1.28 bits per heavy atom. The number of hydrogen-bond donors (Lipinski definition) is 1. The molecule has 0 spiro atoms. The molecule has 3 heteroatoms. The van der Waals surface area contributed by atoms with Crippen molar-refractivity contribution in [1.82, 2.24) is 0 Å². The third kappa shape index (κ3) is 3.42. The van der Waals surface area contributed by atoms with Crippen LogP contribution in [0.3, 0.4) is 0 Å². The number of benzene rings is 1. The summed E-state index contributed by atoms with van der Waals surface area (Å²) in [4.78, 5) is 0. The van der Waals surface area contributed by atoms with Crippen molar-refractivity contribution >= 4 is 10.8 Å². The maximum absolute atomic E-state index is 12.3. The van der Waals surface area contributed by atoms with Gasteiger partial charge in [0.25, 0.3) is 0 Å². The number of rotatable bonds is 5. The van der Waals surface area contributed by atoms with Gasteiger partial charge in [0, 0.05) is 22.6 Å². The molecule has 0 radical (unpaired) electrons. The van der Waals surface area contributed by atoms with Crippen LogP contribution in [0.4, 0.5) is 0 Å². The van der Waals surface area contributed by atoms with Gasteiger partial charge in [-0.25, -0.2) is 0 Å². The normalized spacial score (nSPS) is 21.7. The highest BCUT2D eigenvalue weighted by atomic mass is 32.2. The Kier molecular flexibility index (Phi) is 4.95. The van der Waals surface area contributed by atoms with Crippen LogP contribution in [0.25, 0.3) is 0 Å². The molecule has 0 heterocycles. The molecule has 1 fully saturated rings. The van der Waals surface area contributed by atoms with Gasteiger partial charge < -0.3 is 5.73 Å². The van der Waals surface area contributed by atoms with Crippen molar-refractivity contribution in [2.75, 3.05) is 5.75 Å². The quantitative estimate of drug-likeness (QED) is 0.889. The van der Waals surface area contributed by atoms with Gasteiger partial charge in [-0.05, 0) is 31.2 Å². The summed E-state index contributed by atoms with van der Waals surface area (Å²) in [6, 6.07) is 9.88. The van der Waals surface area contributed by atoms with Crippen LogP contribution in [0.5, 0.6) is 0 Å². The molecule has 0 aliphatic heterocycles. The van der Waals surface area contributed by atoms with Crippen LogP contribution in [-0.2, 0) is 10.8 Å². The summed E-state index contributed by atoms with van der Waals surface area (Å²) in [7, 11) is -0.810.